The van der Waals surface area contributed by atoms with E-state index >= 15 is 0 Å². The van der Waals surface area contributed by atoms with Crippen molar-refractivity contribution >= 4 is 29.2 Å². The molecule has 7 nitrogen and oxygen atoms in total. The summed E-state index contributed by atoms with van der Waals surface area (Å²) in [4.78, 5) is 25.2. The van der Waals surface area contributed by atoms with Crippen molar-refractivity contribution < 1.29 is 14.8 Å². The fraction of sp³-hybridized carbons (Fsp3) is 0.538. The number of rotatable bonds is 6. The Morgan fingerprint density at radius 3 is 3.00 bits per heavy atom. The van der Waals surface area contributed by atoms with Crippen molar-refractivity contribution in [3.05, 3.63) is 27.9 Å². The molecule has 1 aromatic rings. The summed E-state index contributed by atoms with van der Waals surface area (Å²) in [5.41, 5.74) is -0.825. The number of hydrogen-bond acceptors (Lipinski definition) is 6. The van der Waals surface area contributed by atoms with Crippen LogP contribution in [0.3, 0.4) is 0 Å². The predicted octanol–water partition coefficient (Wildman–Crippen LogP) is 2.77. The third-order valence-corrected chi connectivity index (χ3v) is 4.80. The van der Waals surface area contributed by atoms with Gasteiger partial charge in [-0.15, -0.1) is 0 Å². The van der Waals surface area contributed by atoms with Crippen LogP contribution in [0.5, 0.6) is 0 Å². The van der Waals surface area contributed by atoms with Crippen molar-refractivity contribution in [3.63, 3.8) is 0 Å². The van der Waals surface area contributed by atoms with E-state index in [0.717, 1.165) is 31.2 Å². The molecule has 0 aromatic carbocycles. The summed E-state index contributed by atoms with van der Waals surface area (Å²) in [5.74, 6) is 0.0846. The number of aromatic nitrogens is 1. The summed E-state index contributed by atoms with van der Waals surface area (Å²) in [7, 11) is 0. The van der Waals surface area contributed by atoms with Crippen molar-refractivity contribution in [1.82, 2.24) is 4.98 Å². The zero-order valence-electron chi connectivity index (χ0n) is 11.6. The van der Waals surface area contributed by atoms with Gasteiger partial charge < -0.3 is 10.4 Å². The molecule has 2 N–H and O–H groups in total. The van der Waals surface area contributed by atoms with Crippen LogP contribution in [0.15, 0.2) is 12.3 Å². The number of carboxylic acids is 1. The summed E-state index contributed by atoms with van der Waals surface area (Å²) < 4.78 is 0. The number of pyridine rings is 1. The number of carbonyl (C=O) groups is 1. The lowest BCUT2D eigenvalue weighted by atomic mass is 10.2. The Morgan fingerprint density at radius 2 is 2.38 bits per heavy atom. The summed E-state index contributed by atoms with van der Waals surface area (Å²) in [6.07, 6.45) is 4.24. The summed E-state index contributed by atoms with van der Waals surface area (Å²) in [6, 6.07) is 1.47. The van der Waals surface area contributed by atoms with Gasteiger partial charge in [0.25, 0.3) is 0 Å². The lowest BCUT2D eigenvalue weighted by Gasteiger charge is -2.20. The predicted molar refractivity (Wildman–Crippen MR) is 81.0 cm³/mol. The molecule has 114 valence electrons. The number of carboxylic acid groups (broad SMARTS) is 1. The van der Waals surface area contributed by atoms with E-state index in [4.69, 9.17) is 5.11 Å². The Balaban J connectivity index is 2.19. The average Bonchev–Trinajstić information content (AvgIpc) is 2.86. The second-order valence-corrected chi connectivity index (χ2v) is 6.34. The van der Waals surface area contributed by atoms with Gasteiger partial charge in [-0.05, 0) is 18.6 Å². The Bertz CT molecular complexity index is 552. The maximum absolute atomic E-state index is 11.1. The van der Waals surface area contributed by atoms with Gasteiger partial charge in [-0.3, -0.25) is 10.1 Å². The minimum absolute atomic E-state index is 0.227. The fourth-order valence-electron chi connectivity index (χ4n) is 2.54. The summed E-state index contributed by atoms with van der Waals surface area (Å²) in [5, 5.41) is 23.6. The van der Waals surface area contributed by atoms with E-state index in [0.29, 0.717) is 11.1 Å². The van der Waals surface area contributed by atoms with Crippen molar-refractivity contribution in [3.8, 4) is 0 Å². The van der Waals surface area contributed by atoms with Gasteiger partial charge in [0.1, 0.15) is 17.6 Å². The number of anilines is 1. The molecule has 1 aliphatic carbocycles. The van der Waals surface area contributed by atoms with Crippen LogP contribution in [-0.4, -0.2) is 38.0 Å². The summed E-state index contributed by atoms with van der Waals surface area (Å²) in [6.45, 7) is 2.10. The van der Waals surface area contributed by atoms with E-state index in [1.165, 1.54) is 6.07 Å². The Labute approximate surface area is 126 Å². The molecule has 8 heteroatoms. The van der Waals surface area contributed by atoms with Crippen molar-refractivity contribution in [1.29, 1.82) is 0 Å². The van der Waals surface area contributed by atoms with Gasteiger partial charge in [0, 0.05) is 17.4 Å². The molecular weight excluding hydrogens is 294 g/mol. The average molecular weight is 311 g/mol. The Morgan fingerprint density at radius 1 is 1.62 bits per heavy atom. The number of nitrogens with one attached hydrogen (secondary N) is 1. The molecule has 0 saturated heterocycles. The zero-order valence-corrected chi connectivity index (χ0v) is 12.4. The van der Waals surface area contributed by atoms with Crippen LogP contribution >= 0.6 is 11.8 Å². The van der Waals surface area contributed by atoms with Crippen LogP contribution in [0.1, 0.15) is 36.5 Å². The molecule has 0 spiro atoms. The number of nitrogens with zero attached hydrogens (tertiary/aromatic N) is 2. The first-order valence-corrected chi connectivity index (χ1v) is 7.83. The minimum Gasteiger partial charge on any atom is -0.477 e. The topological polar surface area (TPSA) is 105 Å². The van der Waals surface area contributed by atoms with Crippen LogP contribution in [0.4, 0.5) is 11.5 Å². The molecule has 2 rings (SSSR count). The smallest absolute Gasteiger partial charge is 0.342 e. The number of thioether (sulfide) groups is 1. The highest BCUT2D eigenvalue weighted by atomic mass is 32.2. The van der Waals surface area contributed by atoms with Crippen molar-refractivity contribution in [2.45, 2.75) is 37.5 Å². The van der Waals surface area contributed by atoms with Crippen LogP contribution in [0.2, 0.25) is 0 Å². The zero-order chi connectivity index (χ0) is 15.4. The number of aromatic carboxylic acids is 1. The number of nitro groups is 1. The second kappa shape index (κ2) is 6.75. The molecule has 1 aromatic heterocycles. The van der Waals surface area contributed by atoms with Crippen LogP contribution < -0.4 is 5.32 Å². The maximum atomic E-state index is 11.1. The van der Waals surface area contributed by atoms with Gasteiger partial charge in [-0.2, -0.15) is 11.8 Å². The first-order chi connectivity index (χ1) is 10.0. The molecule has 21 heavy (non-hydrogen) atoms. The fourth-order valence-corrected chi connectivity index (χ4v) is 3.74. The molecule has 1 saturated carbocycles. The molecule has 1 fully saturated rings. The van der Waals surface area contributed by atoms with E-state index in [1.807, 2.05) is 11.8 Å². The highest BCUT2D eigenvalue weighted by molar-refractivity contribution is 7.99. The minimum atomic E-state index is -1.32. The standard InChI is InChI=1S/C13H17N3O4S/c1-2-21-11-5-3-4-9(11)15-12-6-8(13(17)18)10(7-14-12)16(19)20/h6-7,9,11H,2-5H2,1H3,(H,14,15)(H,17,18). The molecular formula is C13H17N3O4S. The highest BCUT2D eigenvalue weighted by Crippen LogP contribution is 2.32. The highest BCUT2D eigenvalue weighted by Gasteiger charge is 2.28. The van der Waals surface area contributed by atoms with Crippen molar-refractivity contribution in [2.24, 2.45) is 0 Å². The SMILES string of the molecule is CCSC1CCCC1Nc1cc(C(=O)O)c([N+](=O)[O-])cn1. The molecule has 2 atom stereocenters. The molecule has 0 aliphatic heterocycles. The molecule has 1 aliphatic rings. The third kappa shape index (κ3) is 3.63. The summed E-state index contributed by atoms with van der Waals surface area (Å²) >= 11 is 1.87. The lowest BCUT2D eigenvalue weighted by molar-refractivity contribution is -0.385. The molecule has 2 unspecified atom stereocenters. The Kier molecular flexibility index (Phi) is 5.00. The molecule has 0 bridgehead atoms. The van der Waals surface area contributed by atoms with E-state index in [2.05, 4.69) is 17.2 Å². The maximum Gasteiger partial charge on any atom is 0.342 e. The molecule has 0 amide bonds. The van der Waals surface area contributed by atoms with Gasteiger partial charge in [0.15, 0.2) is 0 Å². The van der Waals surface area contributed by atoms with E-state index in [-0.39, 0.29) is 11.6 Å². The quantitative estimate of drug-likeness (QED) is 0.614. The first kappa shape index (κ1) is 15.6. The second-order valence-electron chi connectivity index (χ2n) is 4.82. The van der Waals surface area contributed by atoms with Crippen LogP contribution in [0.25, 0.3) is 0 Å². The monoisotopic (exact) mass is 311 g/mol. The third-order valence-electron chi connectivity index (χ3n) is 3.48. The normalized spacial score (nSPS) is 21.2. The van der Waals surface area contributed by atoms with E-state index in [9.17, 15) is 14.9 Å². The van der Waals surface area contributed by atoms with Gasteiger partial charge in [-0.1, -0.05) is 13.3 Å². The van der Waals surface area contributed by atoms with Gasteiger partial charge in [0.2, 0.25) is 0 Å². The number of hydrogen-bond donors (Lipinski definition) is 2. The largest absolute Gasteiger partial charge is 0.477 e. The first-order valence-electron chi connectivity index (χ1n) is 6.78. The molecule has 0 radical (unpaired) electrons. The van der Waals surface area contributed by atoms with Crippen LogP contribution in [-0.2, 0) is 0 Å². The van der Waals surface area contributed by atoms with Gasteiger partial charge in [0.05, 0.1) is 4.92 Å². The van der Waals surface area contributed by atoms with Gasteiger partial charge >= 0.3 is 11.7 Å². The Hall–Kier alpha value is -1.83. The lowest BCUT2D eigenvalue weighted by Crippen LogP contribution is -2.26. The van der Waals surface area contributed by atoms with E-state index < -0.39 is 16.6 Å². The van der Waals surface area contributed by atoms with E-state index in [1.54, 1.807) is 0 Å². The van der Waals surface area contributed by atoms with Crippen molar-refractivity contribution in [2.75, 3.05) is 11.1 Å². The van der Waals surface area contributed by atoms with Gasteiger partial charge in [-0.25, -0.2) is 9.78 Å². The molecule has 1 heterocycles. The van der Waals surface area contributed by atoms with Crippen LogP contribution in [0, 0.1) is 10.1 Å².